The van der Waals surface area contributed by atoms with Gasteiger partial charge in [0.1, 0.15) is 0 Å². The molecule has 2 rings (SSSR count). The van der Waals surface area contributed by atoms with E-state index in [1.165, 1.54) is 0 Å². The number of rotatable bonds is 2. The van der Waals surface area contributed by atoms with E-state index in [1.807, 2.05) is 0 Å². The largest absolute Gasteiger partial charge is 0.381 e. The Kier molecular flexibility index (Phi) is 2.34. The molecule has 2 fully saturated rings. The summed E-state index contributed by atoms with van der Waals surface area (Å²) in [6.45, 7) is 4.76. The van der Waals surface area contributed by atoms with Gasteiger partial charge in [0.15, 0.2) is 0 Å². The number of ketones is 1. The van der Waals surface area contributed by atoms with Crippen molar-refractivity contribution in [3.63, 3.8) is 0 Å². The van der Waals surface area contributed by atoms with E-state index in [0.717, 1.165) is 6.42 Å². The maximum atomic E-state index is 11.6. The molecule has 1 amide bonds. The second-order valence-corrected chi connectivity index (χ2v) is 4.97. The first kappa shape index (κ1) is 10.6. The Labute approximate surface area is 89.6 Å². The van der Waals surface area contributed by atoms with Crippen molar-refractivity contribution >= 4 is 11.7 Å². The van der Waals surface area contributed by atoms with Crippen molar-refractivity contribution in [2.24, 2.45) is 5.41 Å². The van der Waals surface area contributed by atoms with Gasteiger partial charge in [0, 0.05) is 31.5 Å². The zero-order valence-corrected chi connectivity index (χ0v) is 9.45. The van der Waals surface area contributed by atoms with Gasteiger partial charge in [-0.3, -0.25) is 9.59 Å². The van der Waals surface area contributed by atoms with Crippen LogP contribution in [0.15, 0.2) is 0 Å². The molecule has 0 bridgehead atoms. The number of nitrogens with zero attached hydrogens (tertiary/aromatic N) is 1. The zero-order chi connectivity index (χ0) is 11.2. The van der Waals surface area contributed by atoms with Gasteiger partial charge in [0.25, 0.3) is 5.91 Å². The lowest BCUT2D eigenvalue weighted by atomic mass is 9.64. The van der Waals surface area contributed by atoms with Crippen LogP contribution in [0.1, 0.15) is 26.7 Å². The third kappa shape index (κ3) is 1.39. The van der Waals surface area contributed by atoms with E-state index < -0.39 is 0 Å². The molecule has 2 atom stereocenters. The number of ether oxygens (including phenoxy) is 1. The Balaban J connectivity index is 2.09. The van der Waals surface area contributed by atoms with Crippen LogP contribution in [-0.4, -0.2) is 42.4 Å². The van der Waals surface area contributed by atoms with Gasteiger partial charge in [-0.2, -0.15) is 0 Å². The second kappa shape index (κ2) is 3.30. The predicted molar refractivity (Wildman–Crippen MR) is 54.3 cm³/mol. The Bertz CT molecular complexity index is 311. The number of amides is 1. The van der Waals surface area contributed by atoms with Crippen molar-refractivity contribution in [2.75, 3.05) is 13.7 Å². The normalized spacial score (nSPS) is 34.5. The molecule has 2 aliphatic rings. The van der Waals surface area contributed by atoms with Crippen LogP contribution in [0.5, 0.6) is 0 Å². The fraction of sp³-hybridized carbons (Fsp3) is 0.818. The van der Waals surface area contributed by atoms with Gasteiger partial charge in [-0.1, -0.05) is 13.8 Å². The van der Waals surface area contributed by atoms with E-state index in [1.54, 1.807) is 12.0 Å². The van der Waals surface area contributed by atoms with Gasteiger partial charge in [0.2, 0.25) is 5.78 Å². The van der Waals surface area contributed by atoms with E-state index in [4.69, 9.17) is 4.74 Å². The van der Waals surface area contributed by atoms with Crippen LogP contribution in [0.4, 0.5) is 0 Å². The minimum absolute atomic E-state index is 0.0327. The van der Waals surface area contributed by atoms with Crippen LogP contribution in [0.3, 0.4) is 0 Å². The Hall–Kier alpha value is -0.900. The second-order valence-electron chi connectivity index (χ2n) is 4.97. The molecule has 2 unspecified atom stereocenters. The molecular weight excluding hydrogens is 194 g/mol. The van der Waals surface area contributed by atoms with Crippen molar-refractivity contribution in [1.29, 1.82) is 0 Å². The number of likely N-dealkylation sites (tertiary alicyclic amines) is 1. The van der Waals surface area contributed by atoms with Crippen molar-refractivity contribution < 1.29 is 14.3 Å². The summed E-state index contributed by atoms with van der Waals surface area (Å²) in [6, 6.07) is 0.168. The first-order valence-electron chi connectivity index (χ1n) is 5.35. The SMILES string of the molecule is COC1CC(N2CCC(=O)C2=O)C1(C)C. The van der Waals surface area contributed by atoms with Crippen molar-refractivity contribution in [3.8, 4) is 0 Å². The lowest BCUT2D eigenvalue weighted by molar-refractivity contribution is -0.159. The molecule has 0 aromatic carbocycles. The van der Waals surface area contributed by atoms with Gasteiger partial charge < -0.3 is 9.64 Å². The average Bonchev–Trinajstić information content (AvgIpc) is 2.49. The molecule has 1 saturated carbocycles. The highest BCUT2D eigenvalue weighted by molar-refractivity contribution is 6.37. The van der Waals surface area contributed by atoms with Gasteiger partial charge in [-0.25, -0.2) is 0 Å². The lowest BCUT2D eigenvalue weighted by Gasteiger charge is -2.54. The molecule has 0 N–H and O–H groups in total. The lowest BCUT2D eigenvalue weighted by Crippen LogP contribution is -2.62. The quantitative estimate of drug-likeness (QED) is 0.628. The summed E-state index contributed by atoms with van der Waals surface area (Å²) in [7, 11) is 1.69. The van der Waals surface area contributed by atoms with Crippen LogP contribution in [0, 0.1) is 5.41 Å². The third-order valence-corrected chi connectivity index (χ3v) is 3.87. The van der Waals surface area contributed by atoms with Crippen LogP contribution < -0.4 is 0 Å². The number of hydrogen-bond acceptors (Lipinski definition) is 3. The molecule has 1 heterocycles. The minimum Gasteiger partial charge on any atom is -0.381 e. The monoisotopic (exact) mass is 211 g/mol. The summed E-state index contributed by atoms with van der Waals surface area (Å²) < 4.78 is 5.33. The van der Waals surface area contributed by atoms with Crippen LogP contribution in [-0.2, 0) is 14.3 Å². The predicted octanol–water partition coefficient (Wildman–Crippen LogP) is 0.601. The van der Waals surface area contributed by atoms with Crippen molar-refractivity contribution in [2.45, 2.75) is 38.8 Å². The van der Waals surface area contributed by atoms with Crippen LogP contribution >= 0.6 is 0 Å². The summed E-state index contributed by atoms with van der Waals surface area (Å²) >= 11 is 0. The zero-order valence-electron chi connectivity index (χ0n) is 9.45. The molecule has 4 heteroatoms. The highest BCUT2D eigenvalue weighted by Crippen LogP contribution is 2.46. The fourth-order valence-corrected chi connectivity index (χ4v) is 2.68. The van der Waals surface area contributed by atoms with E-state index in [-0.39, 0.29) is 29.3 Å². The molecular formula is C11H17NO3. The number of carbonyl (C=O) groups excluding carboxylic acids is 2. The first-order chi connectivity index (χ1) is 6.98. The highest BCUT2D eigenvalue weighted by atomic mass is 16.5. The molecule has 4 nitrogen and oxygen atoms in total. The maximum Gasteiger partial charge on any atom is 0.290 e. The molecule has 0 aromatic rings. The molecule has 15 heavy (non-hydrogen) atoms. The molecule has 1 saturated heterocycles. The summed E-state index contributed by atoms with van der Waals surface area (Å²) in [6.07, 6.45) is 1.43. The maximum absolute atomic E-state index is 11.6. The van der Waals surface area contributed by atoms with Crippen molar-refractivity contribution in [1.82, 2.24) is 4.90 Å². The number of hydrogen-bond donors (Lipinski definition) is 0. The molecule has 0 spiro atoms. The molecule has 1 aliphatic heterocycles. The Morgan fingerprint density at radius 3 is 2.47 bits per heavy atom. The van der Waals surface area contributed by atoms with Crippen molar-refractivity contribution in [3.05, 3.63) is 0 Å². The van der Waals surface area contributed by atoms with E-state index >= 15 is 0 Å². The smallest absolute Gasteiger partial charge is 0.290 e. The van der Waals surface area contributed by atoms with Crippen LogP contribution in [0.25, 0.3) is 0 Å². The average molecular weight is 211 g/mol. The number of methoxy groups -OCH3 is 1. The van der Waals surface area contributed by atoms with E-state index in [2.05, 4.69) is 13.8 Å². The summed E-state index contributed by atoms with van der Waals surface area (Å²) in [5.41, 5.74) is -0.0327. The summed E-state index contributed by atoms with van der Waals surface area (Å²) in [5, 5.41) is 0. The summed E-state index contributed by atoms with van der Waals surface area (Å²) in [4.78, 5) is 24.4. The topological polar surface area (TPSA) is 46.6 Å². The van der Waals surface area contributed by atoms with E-state index in [0.29, 0.717) is 13.0 Å². The van der Waals surface area contributed by atoms with Gasteiger partial charge in [-0.15, -0.1) is 0 Å². The molecule has 1 aliphatic carbocycles. The molecule has 0 aromatic heterocycles. The Morgan fingerprint density at radius 2 is 2.07 bits per heavy atom. The standard InChI is InChI=1S/C11H17NO3/c1-11(2)8(6-9(11)15-3)12-5-4-7(13)10(12)14/h8-9H,4-6H2,1-3H3. The first-order valence-corrected chi connectivity index (χ1v) is 5.35. The Morgan fingerprint density at radius 1 is 1.40 bits per heavy atom. The minimum atomic E-state index is -0.303. The summed E-state index contributed by atoms with van der Waals surface area (Å²) in [5.74, 6) is -0.547. The van der Waals surface area contributed by atoms with Crippen LogP contribution in [0.2, 0.25) is 0 Å². The van der Waals surface area contributed by atoms with Gasteiger partial charge in [-0.05, 0) is 6.42 Å². The van der Waals surface area contributed by atoms with E-state index in [9.17, 15) is 9.59 Å². The third-order valence-electron chi connectivity index (χ3n) is 3.87. The van der Waals surface area contributed by atoms with Gasteiger partial charge >= 0.3 is 0 Å². The number of Topliss-reactive ketones (excluding diaryl/α,β-unsaturated/α-hetero) is 1. The highest BCUT2D eigenvalue weighted by Gasteiger charge is 2.54. The molecule has 0 radical (unpaired) electrons. The fourth-order valence-electron chi connectivity index (χ4n) is 2.68. The van der Waals surface area contributed by atoms with Gasteiger partial charge in [0.05, 0.1) is 6.10 Å². The molecule has 84 valence electrons. The number of carbonyl (C=O) groups is 2.